The number of carbonyl (C=O) groups is 2. The smallest absolute Gasteiger partial charge is 0.407 e. The predicted molar refractivity (Wildman–Crippen MR) is 130 cm³/mol. The number of allylic oxidation sites excluding steroid dienone is 1. The Balaban J connectivity index is 1.51. The Morgan fingerprint density at radius 2 is 2.00 bits per heavy atom. The Morgan fingerprint density at radius 1 is 1.30 bits per heavy atom. The summed E-state index contributed by atoms with van der Waals surface area (Å²) in [5.74, 6) is -0.481. The lowest BCUT2D eigenvalue weighted by molar-refractivity contribution is -0.133. The van der Waals surface area contributed by atoms with Gasteiger partial charge in [-0.05, 0) is 54.4 Å². The highest BCUT2D eigenvalue weighted by atomic mass is 79.9. The van der Waals surface area contributed by atoms with Gasteiger partial charge >= 0.3 is 6.09 Å². The van der Waals surface area contributed by atoms with Crippen molar-refractivity contribution >= 4 is 49.1 Å². The number of rotatable bonds is 7. The van der Waals surface area contributed by atoms with E-state index in [4.69, 9.17) is 0 Å². The van der Waals surface area contributed by atoms with Gasteiger partial charge in [-0.3, -0.25) is 9.79 Å². The lowest BCUT2D eigenvalue weighted by Gasteiger charge is -2.29. The number of ether oxygens (including phenoxy) is 1. The van der Waals surface area contributed by atoms with Gasteiger partial charge in [-0.15, -0.1) is 0 Å². The Kier molecular flexibility index (Phi) is 6.68. The first kappa shape index (κ1) is 23.9. The molecule has 2 heterocycles. The van der Waals surface area contributed by atoms with E-state index in [1.54, 1.807) is 4.90 Å². The summed E-state index contributed by atoms with van der Waals surface area (Å²) < 4.78 is 29.1. The number of nitrogens with one attached hydrogen (secondary N) is 1. The number of sulfone groups is 1. The van der Waals surface area contributed by atoms with Gasteiger partial charge in [0, 0.05) is 35.6 Å². The van der Waals surface area contributed by atoms with Crippen LogP contribution in [0.1, 0.15) is 37.7 Å². The largest absolute Gasteiger partial charge is 0.453 e. The van der Waals surface area contributed by atoms with Crippen molar-refractivity contribution < 1.29 is 22.7 Å². The highest BCUT2D eigenvalue weighted by Gasteiger charge is 2.55. The maximum atomic E-state index is 13.6. The molecule has 2 atom stereocenters. The number of hydrogen-bond donors (Lipinski definition) is 1. The minimum atomic E-state index is -3.30. The van der Waals surface area contributed by atoms with Crippen LogP contribution in [0.5, 0.6) is 0 Å². The molecule has 1 aromatic carbocycles. The summed E-state index contributed by atoms with van der Waals surface area (Å²) in [4.78, 5) is 31.9. The van der Waals surface area contributed by atoms with Crippen LogP contribution in [0.25, 0.3) is 5.57 Å². The number of aliphatic imine (C=N–C) groups is 1. The van der Waals surface area contributed by atoms with Crippen LogP contribution < -0.4 is 5.32 Å². The van der Waals surface area contributed by atoms with Gasteiger partial charge in [0.25, 0.3) is 0 Å². The highest BCUT2D eigenvalue weighted by molar-refractivity contribution is 9.10. The Morgan fingerprint density at radius 3 is 2.61 bits per heavy atom. The number of hydrogen-bond acceptors (Lipinski definition) is 6. The van der Waals surface area contributed by atoms with Crippen LogP contribution in [0.15, 0.2) is 39.9 Å². The van der Waals surface area contributed by atoms with Crippen LogP contribution in [-0.4, -0.2) is 68.8 Å². The Hall–Kier alpha value is -2.20. The molecular weight excluding hydrogens is 510 g/mol. The zero-order valence-electron chi connectivity index (χ0n) is 18.7. The minimum Gasteiger partial charge on any atom is -0.453 e. The molecule has 33 heavy (non-hydrogen) atoms. The van der Waals surface area contributed by atoms with Crippen molar-refractivity contribution in [3.8, 4) is 0 Å². The quantitative estimate of drug-likeness (QED) is 0.574. The third-order valence-electron chi connectivity index (χ3n) is 6.66. The van der Waals surface area contributed by atoms with Gasteiger partial charge in [0.1, 0.15) is 15.9 Å². The summed E-state index contributed by atoms with van der Waals surface area (Å²) in [7, 11) is -2.08. The molecule has 4 rings (SSSR count). The lowest BCUT2D eigenvalue weighted by Crippen LogP contribution is -2.52. The third kappa shape index (κ3) is 5.66. The second kappa shape index (κ2) is 9.21. The molecule has 0 unspecified atom stereocenters. The summed E-state index contributed by atoms with van der Waals surface area (Å²) >= 11 is 3.45. The molecular formula is C23H28BrN3O5S. The van der Waals surface area contributed by atoms with Crippen LogP contribution >= 0.6 is 15.9 Å². The predicted octanol–water partition coefficient (Wildman–Crippen LogP) is 3.18. The molecule has 1 saturated heterocycles. The van der Waals surface area contributed by atoms with Crippen molar-refractivity contribution in [1.29, 1.82) is 0 Å². The summed E-state index contributed by atoms with van der Waals surface area (Å²) in [5, 5.41) is 2.54. The molecule has 1 aliphatic carbocycles. The van der Waals surface area contributed by atoms with Crippen LogP contribution in [-0.2, 0) is 19.4 Å². The normalized spacial score (nSPS) is 22.0. The third-order valence-corrected chi connectivity index (χ3v) is 8.16. The molecule has 1 spiro atoms. The molecule has 1 saturated carbocycles. The first-order valence-corrected chi connectivity index (χ1v) is 13.8. The molecule has 0 bridgehead atoms. The zero-order valence-corrected chi connectivity index (χ0v) is 21.1. The molecule has 1 N–H and O–H groups in total. The number of amides is 2. The van der Waals surface area contributed by atoms with E-state index in [0.717, 1.165) is 46.8 Å². The Labute approximate surface area is 202 Å². The average molecular weight is 538 g/mol. The van der Waals surface area contributed by atoms with Crippen molar-refractivity contribution in [2.75, 3.05) is 25.7 Å². The van der Waals surface area contributed by atoms with Crippen molar-refractivity contribution in [1.82, 2.24) is 10.2 Å². The number of halogens is 1. The molecule has 10 heteroatoms. The summed E-state index contributed by atoms with van der Waals surface area (Å²) in [6, 6.07) is 6.92. The van der Waals surface area contributed by atoms with Crippen LogP contribution in [0.2, 0.25) is 0 Å². The lowest BCUT2D eigenvalue weighted by atomic mass is 9.95. The van der Waals surface area contributed by atoms with Gasteiger partial charge < -0.3 is 15.0 Å². The van der Waals surface area contributed by atoms with E-state index < -0.39 is 22.0 Å². The highest BCUT2D eigenvalue weighted by Crippen LogP contribution is 2.55. The summed E-state index contributed by atoms with van der Waals surface area (Å²) in [6.07, 6.45) is 5.85. The molecule has 0 aromatic heterocycles. The summed E-state index contributed by atoms with van der Waals surface area (Å²) in [5.41, 5.74) is 3.23. The second-order valence-corrected chi connectivity index (χ2v) is 12.4. The van der Waals surface area contributed by atoms with Crippen molar-refractivity contribution in [3.63, 3.8) is 0 Å². The molecule has 0 radical (unpaired) electrons. The van der Waals surface area contributed by atoms with Gasteiger partial charge in [-0.1, -0.05) is 28.1 Å². The number of likely N-dealkylation sites (tertiary alicyclic amines) is 1. The van der Waals surface area contributed by atoms with Crippen molar-refractivity contribution in [2.24, 2.45) is 10.4 Å². The van der Waals surface area contributed by atoms with E-state index >= 15 is 0 Å². The van der Waals surface area contributed by atoms with Gasteiger partial charge in [0.2, 0.25) is 5.91 Å². The number of carbonyl (C=O) groups excluding carboxylic acids is 2. The zero-order chi connectivity index (χ0) is 23.8. The van der Waals surface area contributed by atoms with E-state index in [1.165, 1.54) is 7.11 Å². The number of alkyl carbamates (subject to hydrolysis) is 1. The fourth-order valence-corrected chi connectivity index (χ4v) is 5.54. The fourth-order valence-electron chi connectivity index (χ4n) is 4.61. The maximum Gasteiger partial charge on any atom is 0.407 e. The second-order valence-electron chi connectivity index (χ2n) is 9.25. The van der Waals surface area contributed by atoms with Crippen LogP contribution in [0, 0.1) is 5.41 Å². The first-order chi connectivity index (χ1) is 15.6. The van der Waals surface area contributed by atoms with E-state index in [-0.39, 0.29) is 29.5 Å². The van der Waals surface area contributed by atoms with Crippen LogP contribution in [0.4, 0.5) is 4.79 Å². The van der Waals surface area contributed by atoms with E-state index in [9.17, 15) is 18.0 Å². The van der Waals surface area contributed by atoms with Gasteiger partial charge in [-0.25, -0.2) is 13.2 Å². The molecule has 178 valence electrons. The monoisotopic (exact) mass is 537 g/mol. The van der Waals surface area contributed by atoms with Gasteiger partial charge in [0.15, 0.2) is 0 Å². The maximum absolute atomic E-state index is 13.6. The number of benzene rings is 1. The van der Waals surface area contributed by atoms with Crippen molar-refractivity contribution in [2.45, 2.75) is 44.2 Å². The van der Waals surface area contributed by atoms with E-state index in [1.807, 2.05) is 30.5 Å². The summed E-state index contributed by atoms with van der Waals surface area (Å²) in [6.45, 7) is 0.599. The molecule has 1 aromatic rings. The topological polar surface area (TPSA) is 105 Å². The molecule has 8 nitrogen and oxygen atoms in total. The molecule has 3 aliphatic rings. The Bertz CT molecular complexity index is 1110. The number of nitrogens with zero attached hydrogens (tertiary/aromatic N) is 2. The number of methoxy groups -OCH3 is 1. The van der Waals surface area contributed by atoms with E-state index in [0.29, 0.717) is 13.0 Å². The minimum absolute atomic E-state index is 0.00213. The molecule has 2 amide bonds. The van der Waals surface area contributed by atoms with Gasteiger partial charge in [-0.2, -0.15) is 0 Å². The average Bonchev–Trinajstić information content (AvgIpc) is 3.18. The molecule has 2 fully saturated rings. The van der Waals surface area contributed by atoms with E-state index in [2.05, 4.69) is 31.0 Å². The van der Waals surface area contributed by atoms with Gasteiger partial charge in [0.05, 0.1) is 18.9 Å². The first-order valence-electron chi connectivity index (χ1n) is 10.9. The SMILES string of the molecule is COC(=O)N[C@H](CCS(C)(=O)=O)C(=O)N1CC2(CC2)C[C@@H]1C1=NC=C(c2ccc(Br)cc2)C1. The standard InChI is InChI=1S/C23H28BrN3O5S/c1-32-22(29)26-18(7-10-33(2,30)31)21(28)27-14-23(8-9-23)12-20(27)19-11-16(13-25-19)15-3-5-17(24)6-4-15/h3-6,13,18,20H,7-12,14H2,1-2H3,(H,26,29)/t18-,20-/m1/s1. The molecule has 2 aliphatic heterocycles. The fraction of sp³-hybridized carbons (Fsp3) is 0.522. The van der Waals surface area contributed by atoms with Crippen LogP contribution in [0.3, 0.4) is 0 Å². The van der Waals surface area contributed by atoms with Crippen molar-refractivity contribution in [3.05, 3.63) is 40.5 Å².